The third kappa shape index (κ3) is 5.05. The first-order chi connectivity index (χ1) is 16.1. The SMILES string of the molecule is O=C(COC(=O)C1CCN(c2ccc3nnc(C(F)(F)F)n3n2)CC1)Nc1ccc(F)c(F)c1. The van der Waals surface area contributed by atoms with E-state index in [4.69, 9.17) is 4.74 Å². The Balaban J connectivity index is 1.30. The van der Waals surface area contributed by atoms with E-state index in [2.05, 4.69) is 20.6 Å². The summed E-state index contributed by atoms with van der Waals surface area (Å²) in [6.07, 6.45) is -4.05. The third-order valence-electron chi connectivity index (χ3n) is 5.20. The van der Waals surface area contributed by atoms with E-state index in [-0.39, 0.29) is 17.2 Å². The molecule has 1 amide bonds. The van der Waals surface area contributed by atoms with Crippen molar-refractivity contribution in [3.8, 4) is 0 Å². The van der Waals surface area contributed by atoms with Crippen LogP contribution in [0.25, 0.3) is 5.65 Å². The number of ether oxygens (including phenoxy) is 1. The molecule has 3 heterocycles. The lowest BCUT2D eigenvalue weighted by Crippen LogP contribution is -2.38. The standard InChI is InChI=1S/C20H17F5N6O3/c21-13-2-1-12(9-14(13)22)26-17(32)10-34-18(33)11-5-7-30(8-6-11)16-4-3-15-27-28-19(20(23,24)25)31(15)29-16/h1-4,9,11H,5-8,10H2,(H,26,32). The summed E-state index contributed by atoms with van der Waals surface area (Å²) in [5.74, 6) is -5.00. The molecule has 0 bridgehead atoms. The smallest absolute Gasteiger partial charge is 0.453 e. The number of nitrogens with zero attached hydrogens (tertiary/aromatic N) is 5. The van der Waals surface area contributed by atoms with Gasteiger partial charge in [-0.2, -0.15) is 17.7 Å². The van der Waals surface area contributed by atoms with Crippen LogP contribution in [0.4, 0.5) is 33.5 Å². The number of anilines is 2. The molecule has 14 heteroatoms. The molecule has 1 aromatic carbocycles. The van der Waals surface area contributed by atoms with E-state index in [1.165, 1.54) is 12.1 Å². The molecule has 34 heavy (non-hydrogen) atoms. The van der Waals surface area contributed by atoms with Crippen molar-refractivity contribution in [1.29, 1.82) is 0 Å². The van der Waals surface area contributed by atoms with Crippen LogP contribution in [0.1, 0.15) is 18.7 Å². The topological polar surface area (TPSA) is 102 Å². The van der Waals surface area contributed by atoms with Crippen molar-refractivity contribution in [2.45, 2.75) is 19.0 Å². The zero-order chi connectivity index (χ0) is 24.5. The van der Waals surface area contributed by atoms with Crippen LogP contribution in [0.15, 0.2) is 30.3 Å². The quantitative estimate of drug-likeness (QED) is 0.439. The highest BCUT2D eigenvalue weighted by molar-refractivity contribution is 5.92. The number of fused-ring (bicyclic) bond motifs is 1. The monoisotopic (exact) mass is 484 g/mol. The largest absolute Gasteiger partial charge is 0.455 e. The van der Waals surface area contributed by atoms with Crippen molar-refractivity contribution >= 4 is 29.0 Å². The van der Waals surface area contributed by atoms with Gasteiger partial charge in [-0.3, -0.25) is 9.59 Å². The maximum atomic E-state index is 13.2. The molecule has 9 nitrogen and oxygen atoms in total. The molecule has 180 valence electrons. The number of nitrogens with one attached hydrogen (secondary N) is 1. The van der Waals surface area contributed by atoms with E-state index >= 15 is 0 Å². The van der Waals surface area contributed by atoms with E-state index in [9.17, 15) is 31.5 Å². The van der Waals surface area contributed by atoms with Gasteiger partial charge in [0, 0.05) is 24.8 Å². The lowest BCUT2D eigenvalue weighted by molar-refractivity contribution is -0.152. The minimum atomic E-state index is -4.71. The Kier molecular flexibility index (Phi) is 6.30. The molecule has 1 fully saturated rings. The van der Waals surface area contributed by atoms with Gasteiger partial charge < -0.3 is 15.0 Å². The van der Waals surface area contributed by atoms with Crippen molar-refractivity contribution in [2.75, 3.05) is 29.9 Å². The molecular formula is C20H17F5N6O3. The van der Waals surface area contributed by atoms with Gasteiger partial charge in [-0.25, -0.2) is 8.78 Å². The molecule has 1 saturated heterocycles. The summed E-state index contributed by atoms with van der Waals surface area (Å²) in [5.41, 5.74) is -0.0318. The number of hydrogen-bond donors (Lipinski definition) is 1. The zero-order valence-electron chi connectivity index (χ0n) is 17.4. The fraction of sp³-hybridized carbons (Fsp3) is 0.350. The van der Waals surface area contributed by atoms with Gasteiger partial charge in [0.15, 0.2) is 23.9 Å². The van der Waals surface area contributed by atoms with E-state index in [1.54, 1.807) is 4.90 Å². The van der Waals surface area contributed by atoms with E-state index in [1.807, 2.05) is 0 Å². The number of rotatable bonds is 5. The highest BCUT2D eigenvalue weighted by Crippen LogP contribution is 2.29. The molecule has 0 aliphatic carbocycles. The number of esters is 1. The van der Waals surface area contributed by atoms with Crippen LogP contribution in [0.3, 0.4) is 0 Å². The molecule has 1 N–H and O–H groups in total. The van der Waals surface area contributed by atoms with E-state index in [0.29, 0.717) is 30.4 Å². The van der Waals surface area contributed by atoms with Crippen LogP contribution in [-0.2, 0) is 20.5 Å². The molecule has 0 atom stereocenters. The van der Waals surface area contributed by atoms with Crippen molar-refractivity contribution in [3.05, 3.63) is 47.8 Å². The molecule has 2 aromatic heterocycles. The van der Waals surface area contributed by atoms with Crippen molar-refractivity contribution in [2.24, 2.45) is 5.92 Å². The number of hydrogen-bond acceptors (Lipinski definition) is 7. The third-order valence-corrected chi connectivity index (χ3v) is 5.20. The summed E-state index contributed by atoms with van der Waals surface area (Å²) in [5, 5.41) is 12.9. The second-order valence-electron chi connectivity index (χ2n) is 7.53. The second kappa shape index (κ2) is 9.19. The highest BCUT2D eigenvalue weighted by atomic mass is 19.4. The Morgan fingerprint density at radius 3 is 2.47 bits per heavy atom. The number of halogens is 5. The molecule has 1 aliphatic rings. The lowest BCUT2D eigenvalue weighted by Gasteiger charge is -2.31. The predicted octanol–water partition coefficient (Wildman–Crippen LogP) is 2.82. The van der Waals surface area contributed by atoms with Crippen LogP contribution >= 0.6 is 0 Å². The first-order valence-electron chi connectivity index (χ1n) is 10.1. The van der Waals surface area contributed by atoms with Gasteiger partial charge >= 0.3 is 12.1 Å². The number of alkyl halides is 3. The maximum Gasteiger partial charge on any atom is 0.453 e. The Labute approximate surface area is 188 Å². The van der Waals surface area contributed by atoms with Crippen LogP contribution in [-0.4, -0.2) is 51.4 Å². The summed E-state index contributed by atoms with van der Waals surface area (Å²) >= 11 is 0. The summed E-state index contributed by atoms with van der Waals surface area (Å²) < 4.78 is 71.0. The summed E-state index contributed by atoms with van der Waals surface area (Å²) in [7, 11) is 0. The second-order valence-corrected chi connectivity index (χ2v) is 7.53. The Morgan fingerprint density at radius 2 is 1.79 bits per heavy atom. The number of amides is 1. The zero-order valence-corrected chi connectivity index (χ0v) is 17.4. The fourth-order valence-corrected chi connectivity index (χ4v) is 3.49. The fourth-order valence-electron chi connectivity index (χ4n) is 3.49. The molecule has 1 aliphatic heterocycles. The van der Waals surface area contributed by atoms with Gasteiger partial charge in [0.1, 0.15) is 5.82 Å². The van der Waals surface area contributed by atoms with Crippen molar-refractivity contribution in [1.82, 2.24) is 19.8 Å². The van der Waals surface area contributed by atoms with Gasteiger partial charge in [-0.05, 0) is 37.1 Å². The molecule has 0 spiro atoms. The van der Waals surface area contributed by atoms with Crippen molar-refractivity contribution < 1.29 is 36.3 Å². The Bertz CT molecular complexity index is 1220. The molecule has 0 unspecified atom stereocenters. The predicted molar refractivity (Wildman–Crippen MR) is 107 cm³/mol. The summed E-state index contributed by atoms with van der Waals surface area (Å²) in [6, 6.07) is 5.71. The van der Waals surface area contributed by atoms with Gasteiger partial charge in [0.25, 0.3) is 11.7 Å². The van der Waals surface area contributed by atoms with E-state index < -0.39 is 48.0 Å². The molecular weight excluding hydrogens is 467 g/mol. The van der Waals surface area contributed by atoms with Crippen LogP contribution in [0.5, 0.6) is 0 Å². The number of piperidine rings is 1. The minimum absolute atomic E-state index is 0.0134. The molecule has 0 radical (unpaired) electrons. The molecule has 3 aromatic rings. The highest BCUT2D eigenvalue weighted by Gasteiger charge is 2.38. The first-order valence-corrected chi connectivity index (χ1v) is 10.1. The van der Waals surface area contributed by atoms with Gasteiger partial charge in [-0.1, -0.05) is 0 Å². The number of carbonyl (C=O) groups is 2. The summed E-state index contributed by atoms with van der Waals surface area (Å²) in [4.78, 5) is 25.9. The number of carbonyl (C=O) groups excluding carboxylic acids is 2. The average Bonchev–Trinajstić information content (AvgIpc) is 3.24. The van der Waals surface area contributed by atoms with E-state index in [0.717, 1.165) is 18.2 Å². The number of benzene rings is 1. The number of aromatic nitrogens is 4. The van der Waals surface area contributed by atoms with Crippen molar-refractivity contribution in [3.63, 3.8) is 0 Å². The average molecular weight is 484 g/mol. The van der Waals surface area contributed by atoms with Gasteiger partial charge in [0.05, 0.1) is 5.92 Å². The van der Waals surface area contributed by atoms with Crippen LogP contribution in [0, 0.1) is 17.6 Å². The normalized spacial score (nSPS) is 14.9. The molecule has 4 rings (SSSR count). The first kappa shape index (κ1) is 23.3. The Morgan fingerprint density at radius 1 is 1.06 bits per heavy atom. The minimum Gasteiger partial charge on any atom is -0.455 e. The maximum absolute atomic E-state index is 13.2. The van der Waals surface area contributed by atoms with Gasteiger partial charge in [-0.15, -0.1) is 15.3 Å². The lowest BCUT2D eigenvalue weighted by atomic mass is 9.97. The molecule has 0 saturated carbocycles. The summed E-state index contributed by atoms with van der Waals surface area (Å²) in [6.45, 7) is 0.0374. The van der Waals surface area contributed by atoms with Crippen LogP contribution in [0.2, 0.25) is 0 Å². The Hall–Kier alpha value is -3.84. The van der Waals surface area contributed by atoms with Gasteiger partial charge in [0.2, 0.25) is 0 Å². The van der Waals surface area contributed by atoms with Crippen LogP contribution < -0.4 is 10.2 Å².